The van der Waals surface area contributed by atoms with Gasteiger partial charge in [0, 0.05) is 31.0 Å². The minimum absolute atomic E-state index is 0.183. The van der Waals surface area contributed by atoms with Crippen LogP contribution in [0.15, 0.2) is 83.9 Å². The van der Waals surface area contributed by atoms with Crippen molar-refractivity contribution in [2.75, 3.05) is 14.1 Å². The van der Waals surface area contributed by atoms with Gasteiger partial charge in [-0.3, -0.25) is 9.78 Å². The first-order valence-corrected chi connectivity index (χ1v) is 11.4. The van der Waals surface area contributed by atoms with Gasteiger partial charge in [-0.1, -0.05) is 24.3 Å². The largest absolute Gasteiger partial charge is 0.467 e. The summed E-state index contributed by atoms with van der Waals surface area (Å²) in [4.78, 5) is 24.5. The Bertz CT molecular complexity index is 1420. The number of rotatable bonds is 8. The number of aromatic nitrogens is 4. The fourth-order valence-corrected chi connectivity index (χ4v) is 3.97. The van der Waals surface area contributed by atoms with Crippen LogP contribution in [-0.4, -0.2) is 44.7 Å². The van der Waals surface area contributed by atoms with Gasteiger partial charge in [0.1, 0.15) is 12.3 Å². The highest BCUT2D eigenvalue weighted by atomic mass is 16.3. The molecule has 5 rings (SSSR count). The lowest BCUT2D eigenvalue weighted by Gasteiger charge is -2.11. The Morgan fingerprint density at radius 2 is 1.89 bits per heavy atom. The molecular formula is C27H26N6O2. The number of nitrogens with one attached hydrogen (secondary N) is 1. The van der Waals surface area contributed by atoms with Gasteiger partial charge in [0.05, 0.1) is 29.1 Å². The van der Waals surface area contributed by atoms with E-state index in [1.54, 1.807) is 35.6 Å². The summed E-state index contributed by atoms with van der Waals surface area (Å²) >= 11 is 0. The zero-order valence-electron chi connectivity index (χ0n) is 19.7. The van der Waals surface area contributed by atoms with E-state index in [1.165, 1.54) is 5.56 Å². The van der Waals surface area contributed by atoms with Crippen LogP contribution in [-0.2, 0) is 19.6 Å². The molecule has 0 spiro atoms. The molecule has 8 heteroatoms. The molecule has 0 saturated heterocycles. The minimum Gasteiger partial charge on any atom is -0.467 e. The Kier molecular flexibility index (Phi) is 6.36. The number of furan rings is 1. The summed E-state index contributed by atoms with van der Waals surface area (Å²) in [6.07, 6.45) is 6.75. The molecule has 176 valence electrons. The number of carbonyl (C=O) groups is 1. The van der Waals surface area contributed by atoms with E-state index in [4.69, 9.17) is 9.40 Å². The smallest absolute Gasteiger partial charge is 0.252 e. The van der Waals surface area contributed by atoms with Gasteiger partial charge < -0.3 is 14.6 Å². The van der Waals surface area contributed by atoms with Crippen LogP contribution in [0.1, 0.15) is 27.2 Å². The number of benzene rings is 1. The third kappa shape index (κ3) is 5.12. The van der Waals surface area contributed by atoms with E-state index < -0.39 is 0 Å². The zero-order valence-corrected chi connectivity index (χ0v) is 19.7. The summed E-state index contributed by atoms with van der Waals surface area (Å²) in [5, 5.41) is 8.23. The molecule has 1 aromatic carbocycles. The molecule has 5 aromatic rings. The standard InChI is InChI=1S/C27H26N6O2/c1-32(2)17-20-9-7-19(8-10-20)14-29-27(34)23-13-25(21-5-3-11-28-15-21)31-26-24(23)16-30-33(26)18-22-6-4-12-35-22/h3-13,15-16H,14,17-18H2,1-2H3,(H,29,34). The van der Waals surface area contributed by atoms with E-state index in [0.717, 1.165) is 23.4 Å². The summed E-state index contributed by atoms with van der Waals surface area (Å²) in [6, 6.07) is 17.6. The maximum atomic E-state index is 13.3. The van der Waals surface area contributed by atoms with E-state index in [0.29, 0.717) is 35.4 Å². The predicted molar refractivity (Wildman–Crippen MR) is 134 cm³/mol. The Morgan fingerprint density at radius 3 is 2.60 bits per heavy atom. The molecule has 4 aromatic heterocycles. The molecule has 0 aliphatic rings. The highest BCUT2D eigenvalue weighted by molar-refractivity contribution is 6.06. The van der Waals surface area contributed by atoms with Crippen molar-refractivity contribution in [2.45, 2.75) is 19.6 Å². The molecule has 0 unspecified atom stereocenters. The molecule has 0 fully saturated rings. The van der Waals surface area contributed by atoms with Crippen molar-refractivity contribution < 1.29 is 9.21 Å². The maximum absolute atomic E-state index is 13.3. The summed E-state index contributed by atoms with van der Waals surface area (Å²) < 4.78 is 7.23. The molecule has 1 amide bonds. The molecule has 35 heavy (non-hydrogen) atoms. The van der Waals surface area contributed by atoms with E-state index in [-0.39, 0.29) is 5.91 Å². The number of nitrogens with zero attached hydrogens (tertiary/aromatic N) is 5. The fraction of sp³-hybridized carbons (Fsp3) is 0.185. The highest BCUT2D eigenvalue weighted by Crippen LogP contribution is 2.25. The summed E-state index contributed by atoms with van der Waals surface area (Å²) in [7, 11) is 4.08. The molecule has 0 radical (unpaired) electrons. The summed E-state index contributed by atoms with van der Waals surface area (Å²) in [5.74, 6) is 0.574. The fourth-order valence-electron chi connectivity index (χ4n) is 3.97. The maximum Gasteiger partial charge on any atom is 0.252 e. The molecule has 8 nitrogen and oxygen atoms in total. The lowest BCUT2D eigenvalue weighted by atomic mass is 10.1. The van der Waals surface area contributed by atoms with Crippen molar-refractivity contribution in [2.24, 2.45) is 0 Å². The Labute approximate surface area is 203 Å². The Morgan fingerprint density at radius 1 is 1.06 bits per heavy atom. The molecule has 0 aliphatic carbocycles. The van der Waals surface area contributed by atoms with Crippen LogP contribution < -0.4 is 5.32 Å². The van der Waals surface area contributed by atoms with Crippen LogP contribution in [0.4, 0.5) is 0 Å². The van der Waals surface area contributed by atoms with Crippen LogP contribution in [0.25, 0.3) is 22.3 Å². The number of hydrogen-bond acceptors (Lipinski definition) is 6. The minimum atomic E-state index is -0.183. The van der Waals surface area contributed by atoms with Crippen LogP contribution in [0.5, 0.6) is 0 Å². The molecule has 0 aliphatic heterocycles. The highest BCUT2D eigenvalue weighted by Gasteiger charge is 2.18. The van der Waals surface area contributed by atoms with Crippen LogP contribution in [0, 0.1) is 0 Å². The Balaban J connectivity index is 1.44. The van der Waals surface area contributed by atoms with Crippen molar-refractivity contribution >= 4 is 16.9 Å². The van der Waals surface area contributed by atoms with Crippen LogP contribution >= 0.6 is 0 Å². The number of fused-ring (bicyclic) bond motifs is 1. The second-order valence-electron chi connectivity index (χ2n) is 8.65. The quantitative estimate of drug-likeness (QED) is 0.370. The topological polar surface area (TPSA) is 89.1 Å². The number of carbonyl (C=O) groups excluding carboxylic acids is 1. The molecule has 4 heterocycles. The van der Waals surface area contributed by atoms with E-state index in [9.17, 15) is 4.79 Å². The average Bonchev–Trinajstić information content (AvgIpc) is 3.53. The van der Waals surface area contributed by atoms with Gasteiger partial charge in [-0.05, 0) is 55.6 Å². The van der Waals surface area contributed by atoms with E-state index >= 15 is 0 Å². The lowest BCUT2D eigenvalue weighted by Crippen LogP contribution is -2.23. The van der Waals surface area contributed by atoms with Gasteiger partial charge in [0.15, 0.2) is 5.65 Å². The van der Waals surface area contributed by atoms with E-state index in [2.05, 4.69) is 32.4 Å². The Hall–Kier alpha value is -4.30. The SMILES string of the molecule is CN(C)Cc1ccc(CNC(=O)c2cc(-c3cccnc3)nc3c2cnn3Cc2ccco2)cc1. The average molecular weight is 467 g/mol. The van der Waals surface area contributed by atoms with Crippen molar-refractivity contribution in [3.63, 3.8) is 0 Å². The zero-order chi connectivity index (χ0) is 24.2. The van der Waals surface area contributed by atoms with Crippen LogP contribution in [0.2, 0.25) is 0 Å². The molecule has 0 bridgehead atoms. The van der Waals surface area contributed by atoms with E-state index in [1.807, 2.05) is 50.5 Å². The molecular weight excluding hydrogens is 440 g/mol. The molecule has 1 N–H and O–H groups in total. The van der Waals surface area contributed by atoms with Crippen molar-refractivity contribution in [1.29, 1.82) is 0 Å². The number of pyridine rings is 2. The van der Waals surface area contributed by atoms with Gasteiger partial charge >= 0.3 is 0 Å². The first kappa shape index (κ1) is 22.5. The predicted octanol–water partition coefficient (Wildman–Crippen LogP) is 4.13. The first-order valence-electron chi connectivity index (χ1n) is 11.4. The summed E-state index contributed by atoms with van der Waals surface area (Å²) in [6.45, 7) is 1.72. The number of hydrogen-bond donors (Lipinski definition) is 1. The normalized spacial score (nSPS) is 11.3. The van der Waals surface area contributed by atoms with Gasteiger partial charge in [0.2, 0.25) is 0 Å². The second-order valence-corrected chi connectivity index (χ2v) is 8.65. The van der Waals surface area contributed by atoms with Crippen molar-refractivity contribution in [3.8, 4) is 11.3 Å². The number of amides is 1. The van der Waals surface area contributed by atoms with Crippen molar-refractivity contribution in [3.05, 3.63) is 102 Å². The van der Waals surface area contributed by atoms with Crippen molar-refractivity contribution in [1.82, 2.24) is 30.0 Å². The molecule has 0 atom stereocenters. The summed E-state index contributed by atoms with van der Waals surface area (Å²) in [5.41, 5.74) is 4.87. The third-order valence-electron chi connectivity index (χ3n) is 5.67. The molecule has 0 saturated carbocycles. The second kappa shape index (κ2) is 9.90. The van der Waals surface area contributed by atoms with Gasteiger partial charge in [-0.25, -0.2) is 9.67 Å². The first-order chi connectivity index (χ1) is 17.1. The third-order valence-corrected chi connectivity index (χ3v) is 5.67. The van der Waals surface area contributed by atoms with Gasteiger partial charge in [-0.15, -0.1) is 0 Å². The van der Waals surface area contributed by atoms with Gasteiger partial charge in [-0.2, -0.15) is 5.10 Å². The van der Waals surface area contributed by atoms with Crippen LogP contribution in [0.3, 0.4) is 0 Å². The van der Waals surface area contributed by atoms with Gasteiger partial charge in [0.25, 0.3) is 5.91 Å². The monoisotopic (exact) mass is 466 g/mol. The lowest BCUT2D eigenvalue weighted by molar-refractivity contribution is 0.0952.